The van der Waals surface area contributed by atoms with Gasteiger partial charge in [0, 0.05) is 30.3 Å². The molecule has 0 fully saturated rings. The van der Waals surface area contributed by atoms with Crippen molar-refractivity contribution in [3.63, 3.8) is 0 Å². The van der Waals surface area contributed by atoms with Gasteiger partial charge in [0.15, 0.2) is 12.2 Å². The third-order valence-electron chi connectivity index (χ3n) is 5.20. The van der Waals surface area contributed by atoms with E-state index in [0.717, 1.165) is 18.3 Å². The molecule has 2 aromatic rings. The molecule has 1 aromatic heterocycles. The summed E-state index contributed by atoms with van der Waals surface area (Å²) >= 11 is 0. The predicted molar refractivity (Wildman–Crippen MR) is 104 cm³/mol. The van der Waals surface area contributed by atoms with Crippen LogP contribution in [0.3, 0.4) is 0 Å². The summed E-state index contributed by atoms with van der Waals surface area (Å²) in [7, 11) is 0. The van der Waals surface area contributed by atoms with Crippen molar-refractivity contribution in [2.75, 3.05) is 13.2 Å². The number of benzene rings is 1. The van der Waals surface area contributed by atoms with Crippen LogP contribution in [0.5, 0.6) is 0 Å². The zero-order valence-electron chi connectivity index (χ0n) is 16.9. The van der Waals surface area contributed by atoms with E-state index in [1.54, 1.807) is 6.08 Å². The quantitative estimate of drug-likeness (QED) is 0.564. The number of alkyl halides is 5. The summed E-state index contributed by atoms with van der Waals surface area (Å²) in [5, 5.41) is 10.6. The molecule has 0 aliphatic heterocycles. The number of hydrogen-bond acceptors (Lipinski definition) is 4. The molecule has 3 rings (SSSR count). The molecule has 0 amide bonds. The summed E-state index contributed by atoms with van der Waals surface area (Å²) in [5.41, 5.74) is 0.865. The Kier molecular flexibility index (Phi) is 6.85. The smallest absolute Gasteiger partial charge is 0.422 e. The van der Waals surface area contributed by atoms with Gasteiger partial charge in [-0.1, -0.05) is 18.2 Å². The van der Waals surface area contributed by atoms with Crippen molar-refractivity contribution in [1.29, 1.82) is 0 Å². The van der Waals surface area contributed by atoms with Gasteiger partial charge in [0.2, 0.25) is 0 Å². The van der Waals surface area contributed by atoms with E-state index < -0.39 is 53.7 Å². The van der Waals surface area contributed by atoms with Gasteiger partial charge in [-0.3, -0.25) is 4.98 Å². The summed E-state index contributed by atoms with van der Waals surface area (Å²) in [4.78, 5) is 3.70. The van der Waals surface area contributed by atoms with Crippen molar-refractivity contribution in [3.05, 3.63) is 89.0 Å². The highest BCUT2D eigenvalue weighted by molar-refractivity contribution is 5.34. The van der Waals surface area contributed by atoms with Gasteiger partial charge < -0.3 is 15.6 Å². The largest absolute Gasteiger partial charge is 0.484 e. The molecule has 0 radical (unpaired) electrons. The van der Waals surface area contributed by atoms with Crippen LogP contribution in [0, 0.1) is 11.6 Å². The van der Waals surface area contributed by atoms with Crippen LogP contribution < -0.4 is 5.73 Å². The lowest BCUT2D eigenvalue weighted by molar-refractivity contribution is -0.193. The molecule has 1 aromatic carbocycles. The standard InChI is InChI=1S/C22H19F7N2O2/c23-15-4-7-17(18(24)9-15)20(32,11-30)22(28,29)19-8-3-14(10-31-19)13-1-5-16(6-2-13)33-12-21(25,26)27/h1,3-10,13,32H,2,11-12,30H2/t13?,20-/m1/s1. The minimum atomic E-state index is -4.47. The van der Waals surface area contributed by atoms with E-state index in [1.807, 2.05) is 0 Å². The van der Waals surface area contributed by atoms with Gasteiger partial charge in [-0.2, -0.15) is 22.0 Å². The number of nitrogens with two attached hydrogens (primary N) is 1. The van der Waals surface area contributed by atoms with E-state index in [1.165, 1.54) is 18.2 Å². The van der Waals surface area contributed by atoms with E-state index in [-0.39, 0.29) is 18.1 Å². The number of rotatable bonds is 7. The van der Waals surface area contributed by atoms with E-state index in [2.05, 4.69) is 9.72 Å². The lowest BCUT2D eigenvalue weighted by Crippen LogP contribution is -2.50. The molecule has 11 heteroatoms. The number of aromatic nitrogens is 1. The Morgan fingerprint density at radius 3 is 2.33 bits per heavy atom. The SMILES string of the molecule is NC[C@@](O)(c1ccc(F)cc1F)C(F)(F)c1ccc(C2C=CC(OCC(F)(F)F)=CC2)cn1. The van der Waals surface area contributed by atoms with Gasteiger partial charge in [0.1, 0.15) is 23.1 Å². The van der Waals surface area contributed by atoms with Crippen molar-refractivity contribution in [3.8, 4) is 0 Å². The fourth-order valence-corrected chi connectivity index (χ4v) is 3.37. The van der Waals surface area contributed by atoms with Gasteiger partial charge in [0.05, 0.1) is 0 Å². The Labute approximate surface area is 184 Å². The van der Waals surface area contributed by atoms with Gasteiger partial charge in [-0.05, 0) is 36.3 Å². The van der Waals surface area contributed by atoms with Crippen LogP contribution in [0.2, 0.25) is 0 Å². The number of ether oxygens (including phenoxy) is 1. The van der Waals surface area contributed by atoms with E-state index in [9.17, 15) is 27.1 Å². The topological polar surface area (TPSA) is 68.4 Å². The minimum Gasteiger partial charge on any atom is -0.484 e. The highest BCUT2D eigenvalue weighted by atomic mass is 19.4. The van der Waals surface area contributed by atoms with Crippen LogP contribution in [0.4, 0.5) is 30.7 Å². The van der Waals surface area contributed by atoms with Gasteiger partial charge in [0.25, 0.3) is 0 Å². The average Bonchev–Trinajstić information content (AvgIpc) is 2.77. The van der Waals surface area contributed by atoms with Crippen molar-refractivity contribution in [2.24, 2.45) is 5.73 Å². The second-order valence-corrected chi connectivity index (χ2v) is 7.45. The van der Waals surface area contributed by atoms with Gasteiger partial charge in [-0.15, -0.1) is 0 Å². The molecule has 0 saturated heterocycles. The molecule has 33 heavy (non-hydrogen) atoms. The number of pyridine rings is 1. The molecule has 1 aliphatic rings. The number of aliphatic hydroxyl groups is 1. The zero-order valence-corrected chi connectivity index (χ0v) is 16.9. The molecule has 0 spiro atoms. The second-order valence-electron chi connectivity index (χ2n) is 7.45. The molecule has 1 heterocycles. The van der Waals surface area contributed by atoms with Crippen LogP contribution in [0.15, 0.2) is 60.5 Å². The zero-order chi connectivity index (χ0) is 24.4. The third kappa shape index (κ3) is 5.19. The number of nitrogens with zero attached hydrogens (tertiary/aromatic N) is 1. The second kappa shape index (κ2) is 9.14. The summed E-state index contributed by atoms with van der Waals surface area (Å²) in [5.74, 6) is -6.86. The van der Waals surface area contributed by atoms with Crippen molar-refractivity contribution >= 4 is 0 Å². The molecule has 1 unspecified atom stereocenters. The maximum Gasteiger partial charge on any atom is 0.422 e. The molecule has 1 aliphatic carbocycles. The van der Waals surface area contributed by atoms with E-state index in [4.69, 9.17) is 5.73 Å². The summed E-state index contributed by atoms with van der Waals surface area (Å²) in [6, 6.07) is 4.01. The number of halogens is 7. The minimum absolute atomic E-state index is 0.0361. The molecular formula is C22H19F7N2O2. The first-order valence-corrected chi connectivity index (χ1v) is 9.67. The van der Waals surface area contributed by atoms with Crippen LogP contribution in [0.1, 0.15) is 29.2 Å². The Morgan fingerprint density at radius 2 is 1.82 bits per heavy atom. The van der Waals surface area contributed by atoms with Crippen molar-refractivity contribution in [2.45, 2.75) is 30.0 Å². The molecule has 2 atom stereocenters. The maximum atomic E-state index is 15.2. The van der Waals surface area contributed by atoms with E-state index >= 15 is 8.78 Å². The van der Waals surface area contributed by atoms with Crippen molar-refractivity contribution < 1.29 is 40.6 Å². The fraction of sp³-hybridized carbons (Fsp3) is 0.318. The molecular weight excluding hydrogens is 457 g/mol. The summed E-state index contributed by atoms with van der Waals surface area (Å²) < 4.78 is 99.1. The number of hydrogen-bond donors (Lipinski definition) is 2. The van der Waals surface area contributed by atoms with Crippen LogP contribution in [-0.2, 0) is 16.3 Å². The molecule has 4 nitrogen and oxygen atoms in total. The van der Waals surface area contributed by atoms with Crippen LogP contribution in [0.25, 0.3) is 0 Å². The highest BCUT2D eigenvalue weighted by Crippen LogP contribution is 2.45. The summed E-state index contributed by atoms with van der Waals surface area (Å²) in [6.45, 7) is -2.51. The van der Waals surface area contributed by atoms with Gasteiger partial charge in [-0.25, -0.2) is 8.78 Å². The molecule has 178 valence electrons. The lowest BCUT2D eigenvalue weighted by Gasteiger charge is -2.35. The Morgan fingerprint density at radius 1 is 1.09 bits per heavy atom. The average molecular weight is 476 g/mol. The third-order valence-corrected chi connectivity index (χ3v) is 5.20. The van der Waals surface area contributed by atoms with Crippen molar-refractivity contribution in [1.82, 2.24) is 4.98 Å². The normalized spacial score (nSPS) is 18.6. The Hall–Kier alpha value is -2.92. The predicted octanol–water partition coefficient (Wildman–Crippen LogP) is 4.80. The van der Waals surface area contributed by atoms with Crippen LogP contribution in [-0.4, -0.2) is 29.4 Å². The first-order valence-electron chi connectivity index (χ1n) is 9.67. The fourth-order valence-electron chi connectivity index (χ4n) is 3.37. The Balaban J connectivity index is 1.79. The highest BCUT2D eigenvalue weighted by Gasteiger charge is 2.56. The summed E-state index contributed by atoms with van der Waals surface area (Å²) in [6.07, 6.45) is 1.21. The van der Waals surface area contributed by atoms with Gasteiger partial charge >= 0.3 is 12.1 Å². The number of allylic oxidation sites excluding steroid dienone is 3. The lowest BCUT2D eigenvalue weighted by atomic mass is 9.84. The molecule has 0 saturated carbocycles. The maximum absolute atomic E-state index is 15.2. The first kappa shape index (κ1) is 24.7. The van der Waals surface area contributed by atoms with E-state index in [0.29, 0.717) is 17.7 Å². The molecule has 3 N–H and O–H groups in total. The van der Waals surface area contributed by atoms with Crippen LogP contribution >= 0.6 is 0 Å². The first-order chi connectivity index (χ1) is 15.4. The monoisotopic (exact) mass is 476 g/mol. The Bertz CT molecular complexity index is 1050. The molecule has 0 bridgehead atoms.